The molecular formula is C13H19NO2S. The van der Waals surface area contributed by atoms with Crippen molar-refractivity contribution in [2.24, 2.45) is 0 Å². The molecule has 1 aromatic carbocycles. The van der Waals surface area contributed by atoms with Crippen molar-refractivity contribution in [1.29, 1.82) is 0 Å². The first-order valence-electron chi connectivity index (χ1n) is 5.83. The van der Waals surface area contributed by atoms with Gasteiger partial charge in [-0.2, -0.15) is 0 Å². The zero-order chi connectivity index (χ0) is 12.7. The van der Waals surface area contributed by atoms with Crippen LogP contribution in [0, 0.1) is 0 Å². The Morgan fingerprint density at radius 2 is 2.18 bits per heavy atom. The van der Waals surface area contributed by atoms with E-state index in [1.54, 1.807) is 0 Å². The highest BCUT2D eigenvalue weighted by molar-refractivity contribution is 7.84. The van der Waals surface area contributed by atoms with E-state index < -0.39 is 10.8 Å². The quantitative estimate of drug-likeness (QED) is 0.847. The minimum atomic E-state index is -0.805. The van der Waals surface area contributed by atoms with Crippen LogP contribution in [0.1, 0.15) is 32.3 Å². The van der Waals surface area contributed by atoms with E-state index in [0.717, 1.165) is 29.8 Å². The van der Waals surface area contributed by atoms with E-state index in [4.69, 9.17) is 0 Å². The number of unbranched alkanes of at least 4 members (excludes halogenated alkanes) is 1. The van der Waals surface area contributed by atoms with E-state index in [1.807, 2.05) is 24.3 Å². The molecule has 1 atom stereocenters. The number of benzene rings is 1. The lowest BCUT2D eigenvalue weighted by atomic mass is 10.2. The second-order valence-electron chi connectivity index (χ2n) is 4.02. The molecule has 4 heteroatoms. The van der Waals surface area contributed by atoms with Gasteiger partial charge in [-0.3, -0.25) is 9.00 Å². The van der Waals surface area contributed by atoms with Crippen LogP contribution in [0.3, 0.4) is 0 Å². The zero-order valence-electron chi connectivity index (χ0n) is 10.4. The van der Waals surface area contributed by atoms with E-state index >= 15 is 0 Å². The third-order valence-corrected chi connectivity index (χ3v) is 3.70. The first kappa shape index (κ1) is 13.9. The van der Waals surface area contributed by atoms with Gasteiger partial charge in [-0.15, -0.1) is 0 Å². The summed E-state index contributed by atoms with van der Waals surface area (Å²) in [5.41, 5.74) is 1.77. The molecule has 17 heavy (non-hydrogen) atoms. The van der Waals surface area contributed by atoms with E-state index in [2.05, 4.69) is 12.2 Å². The van der Waals surface area contributed by atoms with Gasteiger partial charge in [-0.25, -0.2) is 0 Å². The lowest BCUT2D eigenvalue weighted by Gasteiger charge is -2.05. The molecule has 0 bridgehead atoms. The summed E-state index contributed by atoms with van der Waals surface area (Å²) in [6.45, 7) is 3.57. The van der Waals surface area contributed by atoms with Gasteiger partial charge in [0, 0.05) is 34.9 Å². The van der Waals surface area contributed by atoms with Crippen molar-refractivity contribution >= 4 is 22.4 Å². The van der Waals surface area contributed by atoms with Crippen LogP contribution in [0.4, 0.5) is 5.69 Å². The summed E-state index contributed by atoms with van der Waals surface area (Å²) in [6, 6.07) is 7.53. The fraction of sp³-hybridized carbons (Fsp3) is 0.462. The number of anilines is 1. The van der Waals surface area contributed by atoms with Crippen LogP contribution in [0.2, 0.25) is 0 Å². The third kappa shape index (κ3) is 5.63. The maximum absolute atomic E-state index is 11.7. The minimum Gasteiger partial charge on any atom is -0.326 e. The SMILES string of the molecule is CCCCS(=O)Cc1cccc(NC(C)=O)c1. The first-order valence-corrected chi connectivity index (χ1v) is 7.32. The number of rotatable bonds is 6. The molecule has 0 saturated carbocycles. The van der Waals surface area contributed by atoms with Crippen LogP contribution in [0.5, 0.6) is 0 Å². The lowest BCUT2D eigenvalue weighted by Crippen LogP contribution is -2.06. The number of amides is 1. The fourth-order valence-electron chi connectivity index (χ4n) is 1.51. The number of carbonyl (C=O) groups excluding carboxylic acids is 1. The fourth-order valence-corrected chi connectivity index (χ4v) is 2.81. The maximum Gasteiger partial charge on any atom is 0.221 e. The van der Waals surface area contributed by atoms with E-state index in [9.17, 15) is 9.00 Å². The second-order valence-corrected chi connectivity index (χ2v) is 5.60. The first-order chi connectivity index (χ1) is 8.11. The molecule has 0 aliphatic heterocycles. The van der Waals surface area contributed by atoms with Gasteiger partial charge in [-0.1, -0.05) is 25.5 Å². The Morgan fingerprint density at radius 1 is 1.41 bits per heavy atom. The van der Waals surface area contributed by atoms with E-state index in [-0.39, 0.29) is 5.91 Å². The molecule has 1 N–H and O–H groups in total. The third-order valence-electron chi connectivity index (χ3n) is 2.30. The Hall–Kier alpha value is -1.16. The number of hydrogen-bond donors (Lipinski definition) is 1. The summed E-state index contributed by atoms with van der Waals surface area (Å²) in [4.78, 5) is 10.9. The van der Waals surface area contributed by atoms with E-state index in [1.165, 1.54) is 6.92 Å². The summed E-state index contributed by atoms with van der Waals surface area (Å²) in [7, 11) is -0.805. The average Bonchev–Trinajstić information content (AvgIpc) is 2.26. The maximum atomic E-state index is 11.7. The molecule has 0 aliphatic rings. The van der Waals surface area contributed by atoms with Gasteiger partial charge in [0.15, 0.2) is 0 Å². The monoisotopic (exact) mass is 253 g/mol. The molecular weight excluding hydrogens is 234 g/mol. The van der Waals surface area contributed by atoms with Gasteiger partial charge in [0.2, 0.25) is 5.91 Å². The largest absolute Gasteiger partial charge is 0.326 e. The van der Waals surface area contributed by atoms with E-state index in [0.29, 0.717) is 5.75 Å². The molecule has 0 saturated heterocycles. The molecule has 0 aromatic heterocycles. The topological polar surface area (TPSA) is 46.2 Å². The number of carbonyl (C=O) groups is 1. The van der Waals surface area contributed by atoms with Crippen molar-refractivity contribution in [2.75, 3.05) is 11.1 Å². The Labute approximate surface area is 105 Å². The van der Waals surface area contributed by atoms with Crippen LogP contribution in [0.25, 0.3) is 0 Å². The summed E-state index contributed by atoms with van der Waals surface area (Å²) in [5, 5.41) is 2.72. The molecule has 0 radical (unpaired) electrons. The highest BCUT2D eigenvalue weighted by Crippen LogP contribution is 2.12. The van der Waals surface area contributed by atoms with Gasteiger partial charge >= 0.3 is 0 Å². The summed E-state index contributed by atoms with van der Waals surface area (Å²) in [6.07, 6.45) is 2.07. The van der Waals surface area contributed by atoms with Crippen molar-refractivity contribution in [3.8, 4) is 0 Å². The number of nitrogens with one attached hydrogen (secondary N) is 1. The second kappa shape index (κ2) is 7.22. The minimum absolute atomic E-state index is 0.0887. The summed E-state index contributed by atoms with van der Waals surface area (Å²) < 4.78 is 11.7. The van der Waals surface area contributed by atoms with Crippen LogP contribution >= 0.6 is 0 Å². The van der Waals surface area contributed by atoms with Crippen molar-refractivity contribution < 1.29 is 9.00 Å². The Balaban J connectivity index is 2.59. The van der Waals surface area contributed by atoms with Crippen LogP contribution in [0.15, 0.2) is 24.3 Å². The smallest absolute Gasteiger partial charge is 0.221 e. The summed E-state index contributed by atoms with van der Waals surface area (Å²) >= 11 is 0. The van der Waals surface area contributed by atoms with Gasteiger partial charge in [0.25, 0.3) is 0 Å². The highest BCUT2D eigenvalue weighted by atomic mass is 32.2. The molecule has 0 fully saturated rings. The van der Waals surface area contributed by atoms with Crippen molar-refractivity contribution in [1.82, 2.24) is 0 Å². The van der Waals surface area contributed by atoms with Gasteiger partial charge < -0.3 is 5.32 Å². The molecule has 1 rings (SSSR count). The molecule has 1 amide bonds. The standard InChI is InChI=1S/C13H19NO2S/c1-3-4-8-17(16)10-12-6-5-7-13(9-12)14-11(2)15/h5-7,9H,3-4,8,10H2,1-2H3,(H,14,15). The van der Waals surface area contributed by atoms with Crippen LogP contribution < -0.4 is 5.32 Å². The predicted molar refractivity (Wildman–Crippen MR) is 72.4 cm³/mol. The van der Waals surface area contributed by atoms with Crippen LogP contribution in [-0.4, -0.2) is 15.9 Å². The normalized spacial score (nSPS) is 12.1. The molecule has 0 heterocycles. The van der Waals surface area contributed by atoms with Crippen molar-refractivity contribution in [2.45, 2.75) is 32.4 Å². The molecule has 3 nitrogen and oxygen atoms in total. The van der Waals surface area contributed by atoms with Crippen molar-refractivity contribution in [3.05, 3.63) is 29.8 Å². The van der Waals surface area contributed by atoms with Crippen molar-refractivity contribution in [3.63, 3.8) is 0 Å². The number of hydrogen-bond acceptors (Lipinski definition) is 2. The molecule has 1 aromatic rings. The molecule has 0 aliphatic carbocycles. The predicted octanol–water partition coefficient (Wildman–Crippen LogP) is 2.69. The van der Waals surface area contributed by atoms with Crippen LogP contribution in [-0.2, 0) is 21.3 Å². The van der Waals surface area contributed by atoms with Gasteiger partial charge in [-0.05, 0) is 24.1 Å². The molecule has 0 spiro atoms. The molecule has 1 unspecified atom stereocenters. The average molecular weight is 253 g/mol. The summed E-state index contributed by atoms with van der Waals surface area (Å²) in [5.74, 6) is 1.23. The van der Waals surface area contributed by atoms with Gasteiger partial charge in [0.1, 0.15) is 0 Å². The lowest BCUT2D eigenvalue weighted by molar-refractivity contribution is -0.114. The zero-order valence-corrected chi connectivity index (χ0v) is 11.2. The highest BCUT2D eigenvalue weighted by Gasteiger charge is 2.03. The van der Waals surface area contributed by atoms with Gasteiger partial charge in [0.05, 0.1) is 0 Å². The Bertz CT molecular complexity index is 404. The Kier molecular flexibility index (Phi) is 5.91. The Morgan fingerprint density at radius 3 is 2.82 bits per heavy atom. The molecule has 94 valence electrons.